The highest BCUT2D eigenvalue weighted by Gasteiger charge is 2.29. The highest BCUT2D eigenvalue weighted by molar-refractivity contribution is 8.00. The topological polar surface area (TPSA) is 44.1 Å². The maximum Gasteiger partial charge on any atom is 0.319 e. The van der Waals surface area contributed by atoms with Crippen LogP contribution in [0.5, 0.6) is 0 Å². The molecule has 2 heterocycles. The van der Waals surface area contributed by atoms with E-state index in [0.717, 1.165) is 29.4 Å². The van der Waals surface area contributed by atoms with Crippen LogP contribution in [0, 0.1) is 6.92 Å². The molecular weight excluding hydrogens is 284 g/mol. The molecule has 0 spiro atoms. The Bertz CT molecular complexity index is 649. The maximum atomic E-state index is 11.6. The molecule has 1 aromatic carbocycles. The van der Waals surface area contributed by atoms with Gasteiger partial charge in [0.05, 0.1) is 18.5 Å². The molecule has 0 amide bonds. The molecule has 110 valence electrons. The fraction of sp³-hybridized carbons (Fsp3) is 0.375. The summed E-state index contributed by atoms with van der Waals surface area (Å²) in [6.07, 6.45) is 2.65. The number of ether oxygens (including phenoxy) is 1. The second-order valence-electron chi connectivity index (χ2n) is 5.10. The molecule has 4 nitrogen and oxygen atoms in total. The Hall–Kier alpha value is -1.75. The molecule has 1 aromatic heterocycles. The van der Waals surface area contributed by atoms with E-state index in [4.69, 9.17) is 4.74 Å². The highest BCUT2D eigenvalue weighted by Crippen LogP contribution is 2.32. The van der Waals surface area contributed by atoms with Crippen molar-refractivity contribution in [2.24, 2.45) is 0 Å². The third-order valence-corrected chi connectivity index (χ3v) is 4.87. The number of esters is 1. The number of nitrogens with zero attached hydrogens (tertiary/aromatic N) is 2. The molecular formula is C16H18N2O2S. The van der Waals surface area contributed by atoms with Gasteiger partial charge in [0.25, 0.3) is 0 Å². The minimum atomic E-state index is -0.123. The summed E-state index contributed by atoms with van der Waals surface area (Å²) in [5.41, 5.74) is 3.48. The summed E-state index contributed by atoms with van der Waals surface area (Å²) < 4.78 is 7.17. The first-order valence-corrected chi connectivity index (χ1v) is 8.03. The van der Waals surface area contributed by atoms with Gasteiger partial charge in [-0.15, -0.1) is 0 Å². The lowest BCUT2D eigenvalue weighted by atomic mass is 10.1. The fourth-order valence-corrected chi connectivity index (χ4v) is 3.53. The zero-order valence-corrected chi connectivity index (χ0v) is 13.0. The zero-order chi connectivity index (χ0) is 14.8. The third-order valence-electron chi connectivity index (χ3n) is 3.62. The van der Waals surface area contributed by atoms with Crippen LogP contribution in [0.25, 0.3) is 11.3 Å². The van der Waals surface area contributed by atoms with E-state index in [1.54, 1.807) is 0 Å². The Balaban J connectivity index is 1.89. The van der Waals surface area contributed by atoms with Crippen LogP contribution in [-0.2, 0) is 16.1 Å². The molecule has 2 aromatic rings. The Morgan fingerprint density at radius 2 is 2.14 bits per heavy atom. The van der Waals surface area contributed by atoms with Crippen LogP contribution in [-0.4, -0.2) is 27.4 Å². The number of carbonyl (C=O) groups excluding carboxylic acids is 1. The molecule has 0 bridgehead atoms. The van der Waals surface area contributed by atoms with Crippen LogP contribution in [0.15, 0.2) is 35.6 Å². The van der Waals surface area contributed by atoms with E-state index < -0.39 is 0 Å². The quantitative estimate of drug-likeness (QED) is 0.813. The first-order valence-electron chi connectivity index (χ1n) is 7.15. The monoisotopic (exact) mass is 302 g/mol. The minimum Gasteiger partial charge on any atom is -0.465 e. The Morgan fingerprint density at radius 1 is 1.38 bits per heavy atom. The SMILES string of the molecule is CCn1c(-c2ccc(C)cc2)cnc1S[C@H]1CCOC1=O. The number of thioether (sulfide) groups is 1. The van der Waals surface area contributed by atoms with Crippen molar-refractivity contribution in [2.45, 2.75) is 37.2 Å². The van der Waals surface area contributed by atoms with E-state index in [-0.39, 0.29) is 11.2 Å². The molecule has 0 N–H and O–H groups in total. The molecule has 0 saturated carbocycles. The van der Waals surface area contributed by atoms with Crippen LogP contribution in [0.4, 0.5) is 0 Å². The molecule has 0 radical (unpaired) electrons. The van der Waals surface area contributed by atoms with E-state index in [1.165, 1.54) is 17.3 Å². The number of cyclic esters (lactones) is 1. The van der Waals surface area contributed by atoms with Crippen LogP contribution in [0.3, 0.4) is 0 Å². The highest BCUT2D eigenvalue weighted by atomic mass is 32.2. The van der Waals surface area contributed by atoms with E-state index >= 15 is 0 Å². The van der Waals surface area contributed by atoms with Gasteiger partial charge in [0.2, 0.25) is 0 Å². The summed E-state index contributed by atoms with van der Waals surface area (Å²) in [6, 6.07) is 8.42. The normalized spacial score (nSPS) is 18.0. The predicted molar refractivity (Wildman–Crippen MR) is 83.3 cm³/mol. The van der Waals surface area contributed by atoms with Gasteiger partial charge in [-0.25, -0.2) is 4.98 Å². The van der Waals surface area contributed by atoms with Gasteiger partial charge in [-0.3, -0.25) is 4.79 Å². The first-order chi connectivity index (χ1) is 10.2. The summed E-state index contributed by atoms with van der Waals surface area (Å²) in [5, 5.41) is 0.764. The van der Waals surface area contributed by atoms with Gasteiger partial charge in [0.15, 0.2) is 5.16 Å². The molecule has 5 heteroatoms. The molecule has 1 aliphatic rings. The van der Waals surface area contributed by atoms with E-state index in [9.17, 15) is 4.79 Å². The van der Waals surface area contributed by atoms with E-state index in [0.29, 0.717) is 6.61 Å². The molecule has 0 unspecified atom stereocenters. The summed E-state index contributed by atoms with van der Waals surface area (Å²) in [5.74, 6) is -0.123. The number of carbonyl (C=O) groups is 1. The summed E-state index contributed by atoms with van der Waals surface area (Å²) in [4.78, 5) is 16.1. The molecule has 1 saturated heterocycles. The van der Waals surface area contributed by atoms with Gasteiger partial charge < -0.3 is 9.30 Å². The molecule has 1 aliphatic heterocycles. The fourth-order valence-electron chi connectivity index (χ4n) is 2.42. The predicted octanol–water partition coefficient (Wildman–Crippen LogP) is 3.29. The summed E-state index contributed by atoms with van der Waals surface area (Å²) in [7, 11) is 0. The second kappa shape index (κ2) is 5.93. The summed E-state index contributed by atoms with van der Waals surface area (Å²) in [6.45, 7) is 5.52. The Morgan fingerprint density at radius 3 is 2.76 bits per heavy atom. The molecule has 1 atom stereocenters. The van der Waals surface area contributed by atoms with Crippen LogP contribution in [0.1, 0.15) is 18.9 Å². The number of aryl methyl sites for hydroxylation is 1. The van der Waals surface area contributed by atoms with Gasteiger partial charge >= 0.3 is 5.97 Å². The molecule has 21 heavy (non-hydrogen) atoms. The van der Waals surface area contributed by atoms with Gasteiger partial charge in [-0.2, -0.15) is 0 Å². The lowest BCUT2D eigenvalue weighted by Gasteiger charge is -2.11. The summed E-state index contributed by atoms with van der Waals surface area (Å²) >= 11 is 1.51. The van der Waals surface area contributed by atoms with Crippen molar-refractivity contribution in [3.63, 3.8) is 0 Å². The van der Waals surface area contributed by atoms with Crippen molar-refractivity contribution < 1.29 is 9.53 Å². The maximum absolute atomic E-state index is 11.6. The van der Waals surface area contributed by atoms with Crippen molar-refractivity contribution in [2.75, 3.05) is 6.61 Å². The first kappa shape index (κ1) is 14.2. The van der Waals surface area contributed by atoms with Crippen molar-refractivity contribution in [1.82, 2.24) is 9.55 Å². The van der Waals surface area contributed by atoms with Crippen molar-refractivity contribution in [3.8, 4) is 11.3 Å². The standard InChI is InChI=1S/C16H18N2O2S/c1-3-18-13(12-6-4-11(2)5-7-12)10-17-16(18)21-14-8-9-20-15(14)19/h4-7,10,14H,3,8-9H2,1-2H3/t14-/m0/s1. The van der Waals surface area contributed by atoms with Crippen LogP contribution < -0.4 is 0 Å². The van der Waals surface area contributed by atoms with Crippen molar-refractivity contribution >= 4 is 17.7 Å². The average molecular weight is 302 g/mol. The smallest absolute Gasteiger partial charge is 0.319 e. The molecule has 3 rings (SSSR count). The van der Waals surface area contributed by atoms with Gasteiger partial charge in [0.1, 0.15) is 5.25 Å². The zero-order valence-electron chi connectivity index (χ0n) is 12.2. The largest absolute Gasteiger partial charge is 0.465 e. The van der Waals surface area contributed by atoms with E-state index in [1.807, 2.05) is 6.20 Å². The van der Waals surface area contributed by atoms with Gasteiger partial charge in [-0.1, -0.05) is 41.6 Å². The number of hydrogen-bond acceptors (Lipinski definition) is 4. The second-order valence-corrected chi connectivity index (χ2v) is 6.27. The number of aromatic nitrogens is 2. The number of hydrogen-bond donors (Lipinski definition) is 0. The van der Waals surface area contributed by atoms with Crippen LogP contribution >= 0.6 is 11.8 Å². The average Bonchev–Trinajstić information content (AvgIpc) is 3.07. The number of benzene rings is 1. The van der Waals surface area contributed by atoms with Gasteiger partial charge in [0, 0.05) is 13.0 Å². The Kier molecular flexibility index (Phi) is 4.01. The van der Waals surface area contributed by atoms with Crippen LogP contribution in [0.2, 0.25) is 0 Å². The van der Waals surface area contributed by atoms with Crippen molar-refractivity contribution in [3.05, 3.63) is 36.0 Å². The lowest BCUT2D eigenvalue weighted by molar-refractivity contribution is -0.137. The minimum absolute atomic E-state index is 0.122. The lowest BCUT2D eigenvalue weighted by Crippen LogP contribution is -2.11. The third kappa shape index (κ3) is 2.83. The van der Waals surface area contributed by atoms with E-state index in [2.05, 4.69) is 47.7 Å². The van der Waals surface area contributed by atoms with Gasteiger partial charge in [-0.05, 0) is 19.4 Å². The molecule has 0 aliphatic carbocycles. The molecule has 1 fully saturated rings. The number of rotatable bonds is 4. The number of imidazole rings is 1. The Labute approximate surface area is 128 Å². The van der Waals surface area contributed by atoms with Crippen molar-refractivity contribution in [1.29, 1.82) is 0 Å².